The van der Waals surface area contributed by atoms with E-state index in [-0.39, 0.29) is 24.7 Å². The molecule has 2 rings (SSSR count). The summed E-state index contributed by atoms with van der Waals surface area (Å²) in [5, 5.41) is 9.52. The minimum absolute atomic E-state index is 0.0248. The Labute approximate surface area is 187 Å². The van der Waals surface area contributed by atoms with Gasteiger partial charge in [0.1, 0.15) is 11.6 Å². The van der Waals surface area contributed by atoms with Crippen molar-refractivity contribution in [1.29, 1.82) is 0 Å². The van der Waals surface area contributed by atoms with Crippen molar-refractivity contribution in [2.24, 2.45) is 5.41 Å². The van der Waals surface area contributed by atoms with Gasteiger partial charge in [0.05, 0.1) is 6.54 Å². The molecular formula is C23H30N4O3S. The SMILES string of the molecule is CC(=C(CCO)SC(=O)C(C)(C)Cc1ccccc1)N(C=O)Cc1cnc(C)nc1N. The second kappa shape index (κ2) is 11.1. The Balaban J connectivity index is 2.23. The highest BCUT2D eigenvalue weighted by atomic mass is 32.2. The average molecular weight is 443 g/mol. The monoisotopic (exact) mass is 442 g/mol. The Bertz CT molecular complexity index is 945. The third-order valence-corrected chi connectivity index (χ3v) is 6.40. The molecule has 1 amide bonds. The lowest BCUT2D eigenvalue weighted by Gasteiger charge is -2.26. The van der Waals surface area contributed by atoms with Crippen LogP contribution in [0.2, 0.25) is 0 Å². The zero-order chi connectivity index (χ0) is 23.0. The third kappa shape index (κ3) is 6.90. The molecule has 0 saturated heterocycles. The van der Waals surface area contributed by atoms with Crippen molar-refractivity contribution in [3.63, 3.8) is 0 Å². The van der Waals surface area contributed by atoms with E-state index in [9.17, 15) is 14.7 Å². The van der Waals surface area contributed by atoms with Crippen LogP contribution >= 0.6 is 11.8 Å². The molecule has 0 fully saturated rings. The van der Waals surface area contributed by atoms with Gasteiger partial charge in [-0.2, -0.15) is 0 Å². The Morgan fingerprint density at radius 1 is 1.29 bits per heavy atom. The van der Waals surface area contributed by atoms with Crippen molar-refractivity contribution in [1.82, 2.24) is 14.9 Å². The zero-order valence-corrected chi connectivity index (χ0v) is 19.3. The Hall–Kier alpha value is -2.71. The first-order valence-electron chi connectivity index (χ1n) is 10.0. The number of rotatable bonds is 10. The molecule has 0 bridgehead atoms. The number of nitrogens with zero attached hydrogens (tertiary/aromatic N) is 3. The van der Waals surface area contributed by atoms with Crippen LogP contribution in [0.4, 0.5) is 5.82 Å². The normalized spacial score (nSPS) is 12.3. The molecule has 2 aromatic rings. The van der Waals surface area contributed by atoms with Gasteiger partial charge in [-0.3, -0.25) is 9.59 Å². The first-order chi connectivity index (χ1) is 14.7. The van der Waals surface area contributed by atoms with Gasteiger partial charge in [-0.05, 0) is 25.8 Å². The molecule has 31 heavy (non-hydrogen) atoms. The number of nitrogen functional groups attached to an aromatic ring is 1. The summed E-state index contributed by atoms with van der Waals surface area (Å²) < 4.78 is 0. The molecule has 3 N–H and O–H groups in total. The van der Waals surface area contributed by atoms with E-state index in [1.807, 2.05) is 44.2 Å². The van der Waals surface area contributed by atoms with E-state index >= 15 is 0 Å². The molecule has 0 spiro atoms. The summed E-state index contributed by atoms with van der Waals surface area (Å²) in [5.41, 5.74) is 7.63. The second-order valence-electron chi connectivity index (χ2n) is 7.98. The number of amides is 1. The first kappa shape index (κ1) is 24.6. The maximum absolute atomic E-state index is 13.1. The summed E-state index contributed by atoms with van der Waals surface area (Å²) in [7, 11) is 0. The van der Waals surface area contributed by atoms with Gasteiger partial charge in [0, 0.05) is 40.8 Å². The number of anilines is 1. The summed E-state index contributed by atoms with van der Waals surface area (Å²) in [6.07, 6.45) is 3.15. The fourth-order valence-electron chi connectivity index (χ4n) is 3.05. The van der Waals surface area contributed by atoms with Crippen LogP contribution < -0.4 is 5.73 Å². The third-order valence-electron chi connectivity index (χ3n) is 4.92. The highest BCUT2D eigenvalue weighted by molar-refractivity contribution is 8.17. The van der Waals surface area contributed by atoms with Crippen LogP contribution in [0.3, 0.4) is 0 Å². The first-order valence-corrected chi connectivity index (χ1v) is 10.9. The lowest BCUT2D eigenvalue weighted by atomic mass is 9.87. The van der Waals surface area contributed by atoms with Crippen molar-refractivity contribution >= 4 is 29.1 Å². The molecule has 0 saturated carbocycles. The smallest absolute Gasteiger partial charge is 0.214 e. The molecule has 1 heterocycles. The summed E-state index contributed by atoms with van der Waals surface area (Å²) >= 11 is 1.08. The number of carbonyl (C=O) groups excluding carboxylic acids is 2. The zero-order valence-electron chi connectivity index (χ0n) is 18.5. The van der Waals surface area contributed by atoms with E-state index < -0.39 is 5.41 Å². The van der Waals surface area contributed by atoms with Crippen molar-refractivity contribution in [3.8, 4) is 0 Å². The Morgan fingerprint density at radius 2 is 1.97 bits per heavy atom. The minimum Gasteiger partial charge on any atom is -0.396 e. The molecule has 1 aromatic carbocycles. The molecule has 166 valence electrons. The molecule has 0 aliphatic rings. The number of aliphatic hydroxyl groups excluding tert-OH is 1. The van der Waals surface area contributed by atoms with E-state index in [0.29, 0.717) is 40.6 Å². The van der Waals surface area contributed by atoms with Gasteiger partial charge < -0.3 is 15.7 Å². The number of aliphatic hydroxyl groups is 1. The highest BCUT2D eigenvalue weighted by Crippen LogP contribution is 2.35. The molecule has 8 heteroatoms. The molecular weight excluding hydrogens is 412 g/mol. The maximum Gasteiger partial charge on any atom is 0.214 e. The molecule has 0 atom stereocenters. The van der Waals surface area contributed by atoms with Crippen molar-refractivity contribution in [2.45, 2.75) is 47.1 Å². The van der Waals surface area contributed by atoms with Crippen LogP contribution in [0.5, 0.6) is 0 Å². The number of carbonyl (C=O) groups is 2. The van der Waals surface area contributed by atoms with E-state index in [2.05, 4.69) is 9.97 Å². The number of aryl methyl sites for hydroxylation is 1. The second-order valence-corrected chi connectivity index (χ2v) is 9.05. The molecule has 0 aliphatic heterocycles. The summed E-state index contributed by atoms with van der Waals surface area (Å²) in [6, 6.07) is 9.84. The quantitative estimate of drug-likeness (QED) is 0.542. The molecule has 7 nitrogen and oxygen atoms in total. The minimum atomic E-state index is -0.617. The fourth-order valence-corrected chi connectivity index (χ4v) is 4.08. The molecule has 0 radical (unpaired) electrons. The standard InChI is InChI=1S/C23H30N4O3S/c1-16(27(15-29)14-19-13-25-17(2)26-21(19)24)20(10-11-28)31-22(30)23(3,4)12-18-8-6-5-7-9-18/h5-9,13,15,28H,10-12,14H2,1-4H3,(H2,24,25,26). The van der Waals surface area contributed by atoms with E-state index in [0.717, 1.165) is 17.3 Å². The number of benzene rings is 1. The predicted octanol–water partition coefficient (Wildman–Crippen LogP) is 3.47. The molecule has 0 aliphatic carbocycles. The van der Waals surface area contributed by atoms with E-state index in [1.165, 1.54) is 4.90 Å². The fraction of sp³-hybridized carbons (Fsp3) is 0.391. The van der Waals surface area contributed by atoms with Gasteiger partial charge in [0.25, 0.3) is 0 Å². The Morgan fingerprint density at radius 3 is 2.55 bits per heavy atom. The van der Waals surface area contributed by atoms with Crippen molar-refractivity contribution in [3.05, 3.63) is 64.1 Å². The number of hydrogen-bond donors (Lipinski definition) is 2. The van der Waals surface area contributed by atoms with Crippen molar-refractivity contribution in [2.75, 3.05) is 12.3 Å². The average Bonchev–Trinajstić information content (AvgIpc) is 2.73. The highest BCUT2D eigenvalue weighted by Gasteiger charge is 2.30. The van der Waals surface area contributed by atoms with Crippen LogP contribution in [0.15, 0.2) is 47.1 Å². The van der Waals surface area contributed by atoms with Crippen LogP contribution in [0.25, 0.3) is 0 Å². The van der Waals surface area contributed by atoms with Gasteiger partial charge in [-0.1, -0.05) is 55.9 Å². The van der Waals surface area contributed by atoms with Gasteiger partial charge in [0.15, 0.2) is 5.12 Å². The number of aromatic nitrogens is 2. The van der Waals surface area contributed by atoms with Gasteiger partial charge in [0.2, 0.25) is 6.41 Å². The predicted molar refractivity (Wildman–Crippen MR) is 124 cm³/mol. The maximum atomic E-state index is 13.1. The van der Waals surface area contributed by atoms with Crippen molar-refractivity contribution < 1.29 is 14.7 Å². The molecule has 1 aromatic heterocycles. The van der Waals surface area contributed by atoms with E-state index in [4.69, 9.17) is 5.73 Å². The number of thioether (sulfide) groups is 1. The Kier molecular flexibility index (Phi) is 8.76. The summed E-state index contributed by atoms with van der Waals surface area (Å²) in [4.78, 5) is 35.3. The van der Waals surface area contributed by atoms with Crippen LogP contribution in [-0.2, 0) is 22.6 Å². The largest absolute Gasteiger partial charge is 0.396 e. The number of hydrogen-bond acceptors (Lipinski definition) is 7. The van der Waals surface area contributed by atoms with E-state index in [1.54, 1.807) is 20.0 Å². The number of nitrogens with two attached hydrogens (primary N) is 1. The lowest BCUT2D eigenvalue weighted by Crippen LogP contribution is -2.26. The van der Waals surface area contributed by atoms with Gasteiger partial charge in [-0.25, -0.2) is 9.97 Å². The topological polar surface area (TPSA) is 109 Å². The van der Waals surface area contributed by atoms with Crippen LogP contribution in [0, 0.1) is 12.3 Å². The molecule has 0 unspecified atom stereocenters. The van der Waals surface area contributed by atoms with Crippen LogP contribution in [0.1, 0.15) is 44.1 Å². The van der Waals surface area contributed by atoms with Gasteiger partial charge in [-0.15, -0.1) is 0 Å². The van der Waals surface area contributed by atoms with Gasteiger partial charge >= 0.3 is 0 Å². The summed E-state index contributed by atoms with van der Waals surface area (Å²) in [6.45, 7) is 7.36. The lowest BCUT2D eigenvalue weighted by molar-refractivity contribution is -0.118. The summed E-state index contributed by atoms with van der Waals surface area (Å²) in [5.74, 6) is 0.859. The number of allylic oxidation sites excluding steroid dienone is 1. The van der Waals surface area contributed by atoms with Crippen LogP contribution in [-0.4, -0.2) is 38.1 Å².